The number of alkyl halides is 2. The van der Waals surface area contributed by atoms with Gasteiger partial charge in [-0.3, -0.25) is 0 Å². The van der Waals surface area contributed by atoms with Crippen LogP contribution in [0.5, 0.6) is 17.2 Å². The van der Waals surface area contributed by atoms with Gasteiger partial charge in [0.15, 0.2) is 27.9 Å². The second-order valence-electron chi connectivity index (χ2n) is 9.79. The zero-order valence-electron chi connectivity index (χ0n) is 22.7. The number of fused-ring (bicyclic) bond motifs is 1. The zero-order chi connectivity index (χ0) is 32.0. The minimum Gasteiger partial charge on any atom is -0.457 e. The van der Waals surface area contributed by atoms with Crippen LogP contribution < -0.4 is 15.2 Å². The molecular formula is C28H20F6N6O4S. The van der Waals surface area contributed by atoms with Crippen LogP contribution in [0.1, 0.15) is 12.5 Å². The van der Waals surface area contributed by atoms with Gasteiger partial charge in [-0.05, 0) is 42.8 Å². The summed E-state index contributed by atoms with van der Waals surface area (Å²) in [4.78, 5) is 6.40. The number of sulfonamides is 1. The summed E-state index contributed by atoms with van der Waals surface area (Å²) in [5, 5.41) is 4.97. The van der Waals surface area contributed by atoms with Crippen LogP contribution in [0.2, 0.25) is 0 Å². The number of aromatic nitrogens is 4. The number of hydrogen-bond acceptors (Lipinski definition) is 8. The van der Waals surface area contributed by atoms with E-state index in [1.54, 1.807) is 36.4 Å². The van der Waals surface area contributed by atoms with Crippen molar-refractivity contribution in [2.24, 2.45) is 0 Å². The molecule has 2 aromatic heterocycles. The average molecular weight is 651 g/mol. The number of halogens is 6. The molecule has 1 fully saturated rings. The first kappa shape index (κ1) is 30.1. The normalized spacial score (nSPS) is 15.7. The number of hydrogen-bond donors (Lipinski definition) is 1. The fourth-order valence-electron chi connectivity index (χ4n) is 5.03. The van der Waals surface area contributed by atoms with Gasteiger partial charge in [-0.15, -0.1) is 0 Å². The molecular weight excluding hydrogens is 630 g/mol. The summed E-state index contributed by atoms with van der Waals surface area (Å²) < 4.78 is 121. The third-order valence-corrected chi connectivity index (χ3v) is 8.98. The lowest BCUT2D eigenvalue weighted by molar-refractivity contribution is -0.0551. The van der Waals surface area contributed by atoms with Crippen molar-refractivity contribution in [3.05, 3.63) is 84.2 Å². The molecule has 3 aromatic carbocycles. The second kappa shape index (κ2) is 11.6. The molecule has 2 N–H and O–H groups in total. The van der Waals surface area contributed by atoms with Crippen LogP contribution in [0.3, 0.4) is 0 Å². The number of anilines is 1. The Hall–Kier alpha value is -4.90. The number of nitrogens with two attached hydrogens (primary N) is 1. The van der Waals surface area contributed by atoms with Gasteiger partial charge < -0.3 is 15.2 Å². The highest BCUT2D eigenvalue weighted by atomic mass is 32.2. The van der Waals surface area contributed by atoms with E-state index in [1.807, 2.05) is 18.2 Å². The van der Waals surface area contributed by atoms with Crippen LogP contribution >= 0.6 is 0 Å². The van der Waals surface area contributed by atoms with Gasteiger partial charge >= 0.3 is 6.61 Å². The summed E-state index contributed by atoms with van der Waals surface area (Å²) in [5.74, 6) is -10.6. The summed E-state index contributed by atoms with van der Waals surface area (Å²) in [7, 11) is -5.24. The summed E-state index contributed by atoms with van der Waals surface area (Å²) in [5.41, 5.74) is 7.32. The van der Waals surface area contributed by atoms with Gasteiger partial charge in [0.25, 0.3) is 0 Å². The van der Waals surface area contributed by atoms with Gasteiger partial charge in [0.05, 0.1) is 11.4 Å². The third-order valence-electron chi connectivity index (χ3n) is 7.08. The van der Waals surface area contributed by atoms with Gasteiger partial charge in [0, 0.05) is 18.7 Å². The molecule has 0 bridgehead atoms. The van der Waals surface area contributed by atoms with Crippen molar-refractivity contribution in [1.82, 2.24) is 24.1 Å². The Bertz CT molecular complexity index is 2010. The number of nitrogens with zero attached hydrogens (tertiary/aromatic N) is 5. The first-order valence-electron chi connectivity index (χ1n) is 13.1. The lowest BCUT2D eigenvalue weighted by Gasteiger charge is -2.20. The van der Waals surface area contributed by atoms with Gasteiger partial charge in [-0.25, -0.2) is 36.2 Å². The minimum absolute atomic E-state index is 0.0298. The molecule has 234 valence electrons. The Morgan fingerprint density at radius 2 is 1.56 bits per heavy atom. The summed E-state index contributed by atoms with van der Waals surface area (Å²) in [6.45, 7) is -4.69. The molecule has 0 unspecified atom stereocenters. The largest absolute Gasteiger partial charge is 0.457 e. The molecule has 17 heteroatoms. The standard InChI is InChI=1S/C28H20F6N6O4S/c29-19-20(30)22(32)25(24(21(19)31)44-28(33)34)45(41,42)39-11-10-15(12-39)40-27-18(26(35)36-13-37-27)23(38-40)14-6-8-17(9-7-14)43-16-4-2-1-3-5-16/h1-9,13,15,28H,10-12H2,(H2,35,36,37)/t15-/m1/s1. The Morgan fingerprint density at radius 1 is 0.889 bits per heavy atom. The highest BCUT2D eigenvalue weighted by molar-refractivity contribution is 7.89. The van der Waals surface area contributed by atoms with E-state index in [0.717, 1.165) is 0 Å². The molecule has 1 atom stereocenters. The molecule has 0 saturated carbocycles. The van der Waals surface area contributed by atoms with Crippen LogP contribution in [0.4, 0.5) is 32.2 Å². The number of rotatable bonds is 8. The topological polar surface area (TPSA) is 125 Å². The third kappa shape index (κ3) is 5.37. The van der Waals surface area contributed by atoms with E-state index < -0.39 is 63.1 Å². The molecule has 0 amide bonds. The smallest absolute Gasteiger partial charge is 0.387 e. The lowest BCUT2D eigenvalue weighted by Crippen LogP contribution is -2.31. The van der Waals surface area contributed by atoms with Gasteiger partial charge in [0.2, 0.25) is 21.7 Å². The van der Waals surface area contributed by atoms with E-state index in [2.05, 4.69) is 19.8 Å². The van der Waals surface area contributed by atoms with Crippen molar-refractivity contribution >= 4 is 26.9 Å². The number of benzene rings is 3. The van der Waals surface area contributed by atoms with Gasteiger partial charge in [0.1, 0.15) is 29.3 Å². The van der Waals surface area contributed by atoms with Crippen molar-refractivity contribution in [2.45, 2.75) is 24.0 Å². The molecule has 1 saturated heterocycles. The van der Waals surface area contributed by atoms with Crippen molar-refractivity contribution in [3.8, 4) is 28.5 Å². The van der Waals surface area contributed by atoms with Crippen LogP contribution in [0.15, 0.2) is 65.8 Å². The quantitative estimate of drug-likeness (QED) is 0.130. The molecule has 45 heavy (non-hydrogen) atoms. The molecule has 0 radical (unpaired) electrons. The maximum absolute atomic E-state index is 14.7. The minimum atomic E-state index is -5.24. The monoisotopic (exact) mass is 650 g/mol. The van der Waals surface area contributed by atoms with Crippen LogP contribution in [-0.4, -0.2) is 52.2 Å². The first-order valence-corrected chi connectivity index (χ1v) is 14.5. The molecule has 0 spiro atoms. The molecule has 6 rings (SSSR count). The Labute approximate surface area is 250 Å². The summed E-state index contributed by atoms with van der Waals surface area (Å²) in [6, 6.07) is 15.1. The first-order chi connectivity index (χ1) is 21.5. The van der Waals surface area contributed by atoms with E-state index in [4.69, 9.17) is 10.5 Å². The Balaban J connectivity index is 1.34. The Morgan fingerprint density at radius 3 is 2.24 bits per heavy atom. The summed E-state index contributed by atoms with van der Waals surface area (Å²) in [6.07, 6.45) is 1.20. The van der Waals surface area contributed by atoms with Crippen molar-refractivity contribution < 1.29 is 44.2 Å². The molecule has 0 aliphatic carbocycles. The van der Waals surface area contributed by atoms with E-state index in [-0.39, 0.29) is 24.4 Å². The van der Waals surface area contributed by atoms with E-state index in [1.165, 1.54) is 11.0 Å². The molecule has 3 heterocycles. The highest BCUT2D eigenvalue weighted by Gasteiger charge is 2.42. The number of nitrogen functional groups attached to an aromatic ring is 1. The van der Waals surface area contributed by atoms with Gasteiger partial charge in [-0.2, -0.15) is 22.6 Å². The van der Waals surface area contributed by atoms with E-state index in [9.17, 15) is 34.8 Å². The molecule has 1 aliphatic heterocycles. The SMILES string of the molecule is Nc1ncnc2c1c(-c1ccc(Oc3ccccc3)cc1)nn2[C@@H]1CCN(S(=O)(=O)c2c(F)c(F)c(F)c(F)c2OC(F)F)C1. The van der Waals surface area contributed by atoms with Crippen molar-refractivity contribution in [1.29, 1.82) is 0 Å². The fourth-order valence-corrected chi connectivity index (χ4v) is 6.69. The number of ether oxygens (including phenoxy) is 2. The average Bonchev–Trinajstić information content (AvgIpc) is 3.66. The maximum atomic E-state index is 14.7. The predicted octanol–water partition coefficient (Wildman–Crippen LogP) is 5.66. The lowest BCUT2D eigenvalue weighted by atomic mass is 10.1. The predicted molar refractivity (Wildman–Crippen MR) is 147 cm³/mol. The number of para-hydroxylation sites is 1. The van der Waals surface area contributed by atoms with Gasteiger partial charge in [-0.1, -0.05) is 18.2 Å². The van der Waals surface area contributed by atoms with Crippen molar-refractivity contribution in [3.63, 3.8) is 0 Å². The van der Waals surface area contributed by atoms with Crippen molar-refractivity contribution in [2.75, 3.05) is 18.8 Å². The van der Waals surface area contributed by atoms with Crippen LogP contribution in [0.25, 0.3) is 22.3 Å². The maximum Gasteiger partial charge on any atom is 0.387 e. The van der Waals surface area contributed by atoms with E-state index >= 15 is 0 Å². The zero-order valence-corrected chi connectivity index (χ0v) is 23.5. The molecule has 5 aromatic rings. The molecule has 1 aliphatic rings. The summed E-state index contributed by atoms with van der Waals surface area (Å²) >= 11 is 0. The highest BCUT2D eigenvalue weighted by Crippen LogP contribution is 2.40. The van der Waals surface area contributed by atoms with Crippen LogP contribution in [0, 0.1) is 23.3 Å². The van der Waals surface area contributed by atoms with Crippen LogP contribution in [-0.2, 0) is 10.0 Å². The van der Waals surface area contributed by atoms with E-state index in [0.29, 0.717) is 32.4 Å². The molecule has 10 nitrogen and oxygen atoms in total. The fraction of sp³-hybridized carbons (Fsp3) is 0.179. The second-order valence-corrected chi connectivity index (χ2v) is 11.7. The Kier molecular flexibility index (Phi) is 7.74.